The van der Waals surface area contributed by atoms with E-state index < -0.39 is 0 Å². The van der Waals surface area contributed by atoms with Crippen molar-refractivity contribution in [3.05, 3.63) is 44.1 Å². The van der Waals surface area contributed by atoms with Gasteiger partial charge < -0.3 is 0 Å². The van der Waals surface area contributed by atoms with Crippen LogP contribution in [0.25, 0.3) is 19.5 Å². The lowest BCUT2D eigenvalue weighted by atomic mass is 10.0. The first-order valence-electron chi connectivity index (χ1n) is 13.1. The number of carbonyl (C=O) groups is 1. The molecule has 0 bridgehead atoms. The van der Waals surface area contributed by atoms with Crippen LogP contribution in [0.15, 0.2) is 28.1 Å². The summed E-state index contributed by atoms with van der Waals surface area (Å²) >= 11 is 9.26. The molecule has 3 aromatic heterocycles. The van der Waals surface area contributed by atoms with Gasteiger partial charge in [0, 0.05) is 19.5 Å². The molecular weight excluding hydrogens is 540 g/mol. The van der Waals surface area contributed by atoms with Crippen molar-refractivity contribution < 1.29 is 4.79 Å². The molecule has 0 N–H and O–H groups in total. The Morgan fingerprint density at radius 1 is 0.676 bits per heavy atom. The Bertz CT molecular complexity index is 997. The van der Waals surface area contributed by atoms with E-state index in [-0.39, 0.29) is 0 Å². The lowest BCUT2D eigenvalue weighted by molar-refractivity contribution is 0.112. The van der Waals surface area contributed by atoms with Crippen LogP contribution < -0.4 is 0 Å². The van der Waals surface area contributed by atoms with Gasteiger partial charge in [0.25, 0.3) is 0 Å². The van der Waals surface area contributed by atoms with Crippen LogP contribution in [0, 0.1) is 0 Å². The molecule has 3 rings (SSSR count). The lowest BCUT2D eigenvalue weighted by Crippen LogP contribution is -1.86. The topological polar surface area (TPSA) is 17.1 Å². The van der Waals surface area contributed by atoms with E-state index in [1.807, 2.05) is 28.7 Å². The Kier molecular flexibility index (Phi) is 12.6. The predicted molar refractivity (Wildman–Crippen MR) is 158 cm³/mol. The molecule has 5 heteroatoms. The third-order valence-corrected chi connectivity index (χ3v) is 10.9. The number of halogens is 1. The van der Waals surface area contributed by atoms with Gasteiger partial charge in [-0.05, 0) is 77.0 Å². The molecule has 0 fully saturated rings. The molecule has 0 unspecified atom stereocenters. The zero-order valence-corrected chi connectivity index (χ0v) is 24.8. The molecule has 0 radical (unpaired) electrons. The second kappa shape index (κ2) is 15.4. The second-order valence-corrected chi connectivity index (χ2v) is 13.8. The van der Waals surface area contributed by atoms with Gasteiger partial charge in [-0.2, -0.15) is 0 Å². The Morgan fingerprint density at radius 2 is 1.24 bits per heavy atom. The van der Waals surface area contributed by atoms with Crippen molar-refractivity contribution in [1.29, 1.82) is 0 Å². The molecule has 0 aromatic carbocycles. The minimum absolute atomic E-state index is 0.815. The summed E-state index contributed by atoms with van der Waals surface area (Å²) in [5.41, 5.74) is 2.92. The average Bonchev–Trinajstić information content (AvgIpc) is 3.57. The van der Waals surface area contributed by atoms with Crippen LogP contribution in [0.3, 0.4) is 0 Å². The molecule has 186 valence electrons. The molecule has 0 aliphatic carbocycles. The monoisotopic (exact) mass is 578 g/mol. The van der Waals surface area contributed by atoms with E-state index in [1.54, 1.807) is 11.3 Å². The number of carbonyl (C=O) groups excluding carboxylic acids is 1. The molecule has 0 saturated carbocycles. The SMILES string of the molecule is CCCCCCCCc1cc(-c2cc(CCCCCCCC)c(-c3ccc(C=O)s3)s2)sc1Br. The van der Waals surface area contributed by atoms with E-state index in [0.29, 0.717) is 0 Å². The third kappa shape index (κ3) is 8.43. The quantitative estimate of drug-likeness (QED) is 0.115. The van der Waals surface area contributed by atoms with Crippen LogP contribution in [-0.4, -0.2) is 6.29 Å². The molecular formula is C29H39BrOS3. The lowest BCUT2D eigenvalue weighted by Gasteiger charge is -2.02. The number of thiophene rings is 3. The summed E-state index contributed by atoms with van der Waals surface area (Å²) in [6.45, 7) is 4.55. The molecule has 0 amide bonds. The second-order valence-electron chi connectivity index (χ2n) is 9.23. The minimum Gasteiger partial charge on any atom is -0.297 e. The highest BCUT2D eigenvalue weighted by Crippen LogP contribution is 2.45. The molecule has 0 spiro atoms. The highest BCUT2D eigenvalue weighted by molar-refractivity contribution is 9.11. The van der Waals surface area contributed by atoms with Gasteiger partial charge in [-0.15, -0.1) is 34.0 Å². The first-order chi connectivity index (χ1) is 16.7. The summed E-state index contributed by atoms with van der Waals surface area (Å²) in [6.07, 6.45) is 19.2. The molecule has 0 aliphatic rings. The van der Waals surface area contributed by atoms with Gasteiger partial charge in [0.15, 0.2) is 6.29 Å². The molecule has 3 aromatic rings. The normalized spacial score (nSPS) is 11.4. The van der Waals surface area contributed by atoms with Crippen LogP contribution in [-0.2, 0) is 12.8 Å². The zero-order chi connectivity index (χ0) is 24.2. The van der Waals surface area contributed by atoms with Crippen molar-refractivity contribution in [2.24, 2.45) is 0 Å². The number of aldehydes is 1. The van der Waals surface area contributed by atoms with E-state index in [9.17, 15) is 4.79 Å². The van der Waals surface area contributed by atoms with E-state index in [4.69, 9.17) is 0 Å². The zero-order valence-electron chi connectivity index (χ0n) is 20.8. The van der Waals surface area contributed by atoms with Crippen LogP contribution in [0.5, 0.6) is 0 Å². The smallest absolute Gasteiger partial charge is 0.160 e. The molecule has 1 nitrogen and oxygen atoms in total. The van der Waals surface area contributed by atoms with Crippen molar-refractivity contribution in [2.45, 2.75) is 104 Å². The molecule has 0 atom stereocenters. The Hall–Kier alpha value is -0.750. The Morgan fingerprint density at radius 3 is 1.85 bits per heavy atom. The van der Waals surface area contributed by atoms with Gasteiger partial charge in [0.05, 0.1) is 8.66 Å². The maximum absolute atomic E-state index is 11.3. The maximum atomic E-state index is 11.3. The molecule has 3 heterocycles. The summed E-state index contributed by atoms with van der Waals surface area (Å²) < 4.78 is 1.29. The Balaban J connectivity index is 1.70. The fraction of sp³-hybridized carbons (Fsp3) is 0.552. The van der Waals surface area contributed by atoms with Crippen LogP contribution >= 0.6 is 49.9 Å². The highest BCUT2D eigenvalue weighted by Gasteiger charge is 2.17. The van der Waals surface area contributed by atoms with E-state index in [1.165, 1.54) is 118 Å². The summed E-state index contributed by atoms with van der Waals surface area (Å²) in [4.78, 5) is 17.4. The van der Waals surface area contributed by atoms with Crippen molar-refractivity contribution >= 4 is 56.2 Å². The van der Waals surface area contributed by atoms with Crippen LogP contribution in [0.4, 0.5) is 0 Å². The van der Waals surface area contributed by atoms with Crippen LogP contribution in [0.2, 0.25) is 0 Å². The number of aryl methyl sites for hydroxylation is 2. The summed E-state index contributed by atoms with van der Waals surface area (Å²) in [5, 5.41) is 0. The number of hydrogen-bond acceptors (Lipinski definition) is 4. The van der Waals surface area contributed by atoms with E-state index in [2.05, 4.69) is 48.0 Å². The van der Waals surface area contributed by atoms with Crippen LogP contribution in [0.1, 0.15) is 112 Å². The highest BCUT2D eigenvalue weighted by atomic mass is 79.9. The average molecular weight is 580 g/mol. The van der Waals surface area contributed by atoms with E-state index in [0.717, 1.165) is 17.6 Å². The molecule has 0 aliphatic heterocycles. The van der Waals surface area contributed by atoms with Crippen molar-refractivity contribution in [2.75, 3.05) is 0 Å². The van der Waals surface area contributed by atoms with Gasteiger partial charge in [0.2, 0.25) is 0 Å². The first kappa shape index (κ1) is 27.8. The summed E-state index contributed by atoms with van der Waals surface area (Å²) in [7, 11) is 0. The number of unbranched alkanes of at least 4 members (excludes halogenated alkanes) is 10. The summed E-state index contributed by atoms with van der Waals surface area (Å²) in [5.74, 6) is 0. The third-order valence-electron chi connectivity index (χ3n) is 6.38. The maximum Gasteiger partial charge on any atom is 0.160 e. The number of hydrogen-bond donors (Lipinski definition) is 0. The van der Waals surface area contributed by atoms with Gasteiger partial charge in [-0.25, -0.2) is 0 Å². The van der Waals surface area contributed by atoms with Crippen molar-refractivity contribution in [1.82, 2.24) is 0 Å². The van der Waals surface area contributed by atoms with Gasteiger partial charge in [-0.3, -0.25) is 4.79 Å². The summed E-state index contributed by atoms with van der Waals surface area (Å²) in [6, 6.07) is 8.93. The Labute approximate surface area is 227 Å². The molecule has 0 saturated heterocycles. The fourth-order valence-electron chi connectivity index (χ4n) is 4.37. The van der Waals surface area contributed by atoms with Crippen molar-refractivity contribution in [3.8, 4) is 19.5 Å². The number of rotatable bonds is 17. The predicted octanol–water partition coefficient (Wildman–Crippen LogP) is 11.6. The fourth-order valence-corrected chi connectivity index (χ4v) is 8.39. The van der Waals surface area contributed by atoms with E-state index >= 15 is 0 Å². The minimum atomic E-state index is 0.815. The molecule has 34 heavy (non-hydrogen) atoms. The largest absolute Gasteiger partial charge is 0.297 e. The standard InChI is InChI=1S/C29H39BrOS3/c1-3-5-7-9-11-13-15-22-19-26(33-28(22)25-18-17-24(21-31)32-25)27-20-23(29(30)34-27)16-14-12-10-8-6-4-2/h17-21H,3-16H2,1-2H3. The van der Waals surface area contributed by atoms with Gasteiger partial charge >= 0.3 is 0 Å². The van der Waals surface area contributed by atoms with Crippen molar-refractivity contribution in [3.63, 3.8) is 0 Å². The van der Waals surface area contributed by atoms with Gasteiger partial charge in [0.1, 0.15) is 0 Å². The van der Waals surface area contributed by atoms with Gasteiger partial charge in [-0.1, -0.05) is 78.1 Å². The first-order valence-corrected chi connectivity index (χ1v) is 16.4.